The first-order valence-electron chi connectivity index (χ1n) is 10.4. The van der Waals surface area contributed by atoms with E-state index in [0.29, 0.717) is 27.8 Å². The smallest absolute Gasteiger partial charge is 0.329 e. The molecule has 165 valence electrons. The molecule has 3 aromatic rings. The lowest BCUT2D eigenvalue weighted by Crippen LogP contribution is -2.45. The average Bonchev–Trinajstić information content (AvgIpc) is 2.80. The van der Waals surface area contributed by atoms with Crippen LogP contribution in [0.1, 0.15) is 41.0 Å². The van der Waals surface area contributed by atoms with Gasteiger partial charge >= 0.3 is 13.5 Å². The van der Waals surface area contributed by atoms with E-state index in [-0.39, 0.29) is 19.1 Å². The van der Waals surface area contributed by atoms with Crippen LogP contribution >= 0.6 is 0 Å². The molecule has 1 radical (unpaired) electrons. The van der Waals surface area contributed by atoms with Crippen molar-refractivity contribution in [2.45, 2.75) is 40.0 Å². The Hall–Kier alpha value is -3.23. The number of aliphatic hydroxyl groups is 1. The second-order valence-electron chi connectivity index (χ2n) is 7.90. The second kappa shape index (κ2) is 10.4. The van der Waals surface area contributed by atoms with Gasteiger partial charge in [0.1, 0.15) is 12.6 Å². The molecule has 0 fully saturated rings. The molecule has 0 saturated heterocycles. The Morgan fingerprint density at radius 2 is 1.88 bits per heavy atom. The van der Waals surface area contributed by atoms with Crippen LogP contribution in [0.25, 0.3) is 10.9 Å². The molecule has 32 heavy (non-hydrogen) atoms. The van der Waals surface area contributed by atoms with E-state index >= 15 is 0 Å². The summed E-state index contributed by atoms with van der Waals surface area (Å²) in [5, 5.41) is 22.6. The number of aromatic nitrogens is 1. The van der Waals surface area contributed by atoms with Crippen LogP contribution in [0.2, 0.25) is 0 Å². The number of fused-ring (bicyclic) bond motifs is 1. The number of nitrogens with zero attached hydrogens (tertiary/aromatic N) is 1. The van der Waals surface area contributed by atoms with E-state index in [9.17, 15) is 19.7 Å². The van der Waals surface area contributed by atoms with Gasteiger partial charge in [-0.15, -0.1) is 0 Å². The second-order valence-corrected chi connectivity index (χ2v) is 7.90. The lowest BCUT2D eigenvalue weighted by atomic mass is 9.79. The van der Waals surface area contributed by atoms with E-state index in [1.165, 1.54) is 0 Å². The van der Waals surface area contributed by atoms with Crippen LogP contribution in [0.3, 0.4) is 0 Å². The first-order valence-corrected chi connectivity index (χ1v) is 10.4. The predicted octanol–water partition coefficient (Wildman–Crippen LogP) is 1.77. The molecule has 0 bridgehead atoms. The topological polar surface area (TPSA) is 109 Å². The fraction of sp³-hybridized carbons (Fsp3) is 0.292. The first-order chi connectivity index (χ1) is 15.3. The maximum absolute atomic E-state index is 12.9. The molecule has 0 saturated carbocycles. The third-order valence-electron chi connectivity index (χ3n) is 5.37. The number of esters is 1. The van der Waals surface area contributed by atoms with E-state index in [1.807, 2.05) is 44.2 Å². The van der Waals surface area contributed by atoms with Crippen molar-refractivity contribution in [2.24, 2.45) is 5.92 Å². The minimum absolute atomic E-state index is 0.00337. The van der Waals surface area contributed by atoms with Gasteiger partial charge in [0.05, 0.1) is 17.8 Å². The van der Waals surface area contributed by atoms with Gasteiger partial charge in [-0.05, 0) is 47.6 Å². The minimum atomic E-state index is -0.860. The van der Waals surface area contributed by atoms with E-state index in [1.54, 1.807) is 25.1 Å². The number of amides is 1. The SMILES string of the molecule is Cc1c(C(=O)N[C@H](C(=O)OCc2ccc3ccccc3n2)C(C)C)ccc(CO)c1[B]O. The Morgan fingerprint density at radius 1 is 1.12 bits per heavy atom. The number of carbonyl (C=O) groups is 2. The Morgan fingerprint density at radius 3 is 2.56 bits per heavy atom. The van der Waals surface area contributed by atoms with Gasteiger partial charge in [0, 0.05) is 10.9 Å². The van der Waals surface area contributed by atoms with Gasteiger partial charge in [-0.2, -0.15) is 0 Å². The molecule has 0 aliphatic heterocycles. The molecule has 1 aromatic heterocycles. The fourth-order valence-electron chi connectivity index (χ4n) is 3.49. The number of nitrogens with one attached hydrogen (secondary N) is 1. The van der Waals surface area contributed by atoms with Crippen molar-refractivity contribution in [3.63, 3.8) is 0 Å². The van der Waals surface area contributed by atoms with E-state index in [0.717, 1.165) is 18.4 Å². The number of ether oxygens (including phenoxy) is 1. The lowest BCUT2D eigenvalue weighted by molar-refractivity contribution is -0.148. The van der Waals surface area contributed by atoms with Gasteiger partial charge in [0.15, 0.2) is 0 Å². The van der Waals surface area contributed by atoms with Crippen LogP contribution < -0.4 is 10.8 Å². The molecule has 0 unspecified atom stereocenters. The normalized spacial score (nSPS) is 11.9. The van der Waals surface area contributed by atoms with Crippen molar-refractivity contribution in [2.75, 3.05) is 0 Å². The van der Waals surface area contributed by atoms with Crippen LogP contribution in [-0.2, 0) is 22.7 Å². The molecule has 0 aliphatic carbocycles. The molecule has 1 heterocycles. The summed E-state index contributed by atoms with van der Waals surface area (Å²) in [6.07, 6.45) is 0. The Kier molecular flexibility index (Phi) is 7.61. The number of benzene rings is 2. The maximum Gasteiger partial charge on any atom is 0.329 e. The summed E-state index contributed by atoms with van der Waals surface area (Å²) in [5.74, 6) is -1.23. The van der Waals surface area contributed by atoms with Crippen LogP contribution in [-0.4, -0.2) is 40.5 Å². The maximum atomic E-state index is 12.9. The number of rotatable bonds is 8. The Balaban J connectivity index is 1.71. The minimum Gasteiger partial charge on any atom is -0.458 e. The molecule has 0 aliphatic rings. The largest absolute Gasteiger partial charge is 0.458 e. The third kappa shape index (κ3) is 5.15. The molecule has 3 N–H and O–H groups in total. The molecular formula is C24H26BN2O5. The Labute approximate surface area is 187 Å². The molecular weight excluding hydrogens is 407 g/mol. The van der Waals surface area contributed by atoms with Crippen molar-refractivity contribution in [1.82, 2.24) is 10.3 Å². The molecule has 1 amide bonds. The first kappa shape index (κ1) is 23.4. The number of para-hydroxylation sites is 1. The van der Waals surface area contributed by atoms with Gasteiger partial charge in [0.25, 0.3) is 5.91 Å². The quantitative estimate of drug-likeness (QED) is 0.369. The molecule has 2 aromatic carbocycles. The summed E-state index contributed by atoms with van der Waals surface area (Å²) < 4.78 is 5.45. The van der Waals surface area contributed by atoms with Gasteiger partial charge in [0.2, 0.25) is 0 Å². The monoisotopic (exact) mass is 433 g/mol. The zero-order valence-electron chi connectivity index (χ0n) is 18.3. The highest BCUT2D eigenvalue weighted by Gasteiger charge is 2.27. The van der Waals surface area contributed by atoms with Gasteiger partial charge in [-0.3, -0.25) is 4.79 Å². The molecule has 1 atom stereocenters. The summed E-state index contributed by atoms with van der Waals surface area (Å²) in [4.78, 5) is 30.1. The summed E-state index contributed by atoms with van der Waals surface area (Å²) in [6.45, 7) is 5.03. The molecule has 3 rings (SSSR count). The number of carbonyl (C=O) groups excluding carboxylic acids is 2. The van der Waals surface area contributed by atoms with Crippen LogP contribution in [0.5, 0.6) is 0 Å². The summed E-state index contributed by atoms with van der Waals surface area (Å²) in [5.41, 5.74) is 3.12. The van der Waals surface area contributed by atoms with Crippen molar-refractivity contribution in [3.8, 4) is 0 Å². The molecule has 8 heteroatoms. The number of aliphatic hydroxyl groups excluding tert-OH is 1. The van der Waals surface area contributed by atoms with Crippen LogP contribution in [0.4, 0.5) is 0 Å². The zero-order valence-corrected chi connectivity index (χ0v) is 18.3. The van der Waals surface area contributed by atoms with Gasteiger partial charge in [-0.25, -0.2) is 9.78 Å². The summed E-state index contributed by atoms with van der Waals surface area (Å²) in [7, 11) is 0.864. The predicted molar refractivity (Wildman–Crippen MR) is 122 cm³/mol. The van der Waals surface area contributed by atoms with Gasteiger partial charge < -0.3 is 20.2 Å². The zero-order chi connectivity index (χ0) is 23.3. The highest BCUT2D eigenvalue weighted by Crippen LogP contribution is 2.14. The number of hydrogen-bond acceptors (Lipinski definition) is 6. The number of pyridine rings is 1. The summed E-state index contributed by atoms with van der Waals surface area (Å²) >= 11 is 0. The average molecular weight is 433 g/mol. The molecule has 7 nitrogen and oxygen atoms in total. The number of hydrogen-bond donors (Lipinski definition) is 3. The van der Waals surface area contributed by atoms with Crippen LogP contribution in [0, 0.1) is 12.8 Å². The van der Waals surface area contributed by atoms with Crippen molar-refractivity contribution < 1.29 is 24.5 Å². The summed E-state index contributed by atoms with van der Waals surface area (Å²) in [6, 6.07) is 13.7. The lowest BCUT2D eigenvalue weighted by Gasteiger charge is -2.22. The van der Waals surface area contributed by atoms with E-state index in [2.05, 4.69) is 10.3 Å². The highest BCUT2D eigenvalue weighted by molar-refractivity contribution is 6.47. The van der Waals surface area contributed by atoms with Crippen LogP contribution in [0.15, 0.2) is 48.5 Å². The van der Waals surface area contributed by atoms with E-state index < -0.39 is 17.9 Å². The Bertz CT molecular complexity index is 1130. The van der Waals surface area contributed by atoms with Crippen molar-refractivity contribution in [3.05, 3.63) is 70.9 Å². The third-order valence-corrected chi connectivity index (χ3v) is 5.37. The van der Waals surface area contributed by atoms with Gasteiger partial charge in [-0.1, -0.05) is 44.2 Å². The highest BCUT2D eigenvalue weighted by atomic mass is 16.5. The fourth-order valence-corrected chi connectivity index (χ4v) is 3.49. The van der Waals surface area contributed by atoms with E-state index in [4.69, 9.17) is 4.74 Å². The standard InChI is InChI=1S/C24H26BN2O5/c1-14(2)22(27-23(29)19-11-9-17(12-28)21(25-31)15(19)3)24(30)32-13-18-10-8-16-6-4-5-7-20(16)26-18/h4-11,14,22,28,31H,12-13H2,1-3H3,(H,27,29)/t22-/m0/s1. The van der Waals surface area contributed by atoms with Crippen molar-refractivity contribution in [1.29, 1.82) is 0 Å². The van der Waals surface area contributed by atoms with Crippen molar-refractivity contribution >= 4 is 35.7 Å². The molecule has 0 spiro atoms.